The van der Waals surface area contributed by atoms with Crippen LogP contribution in [0.2, 0.25) is 5.02 Å². The van der Waals surface area contributed by atoms with Crippen LogP contribution in [0, 0.1) is 11.8 Å². The summed E-state index contributed by atoms with van der Waals surface area (Å²) >= 11 is 6.68. The molecule has 3 heterocycles. The molecule has 0 unspecified atom stereocenters. The molecule has 2 aliphatic rings. The van der Waals surface area contributed by atoms with Gasteiger partial charge in [0.15, 0.2) is 0 Å². The van der Waals surface area contributed by atoms with E-state index in [2.05, 4.69) is 15.2 Å². The number of carbonyl (C=O) groups excluding carboxylic acids is 3. The van der Waals surface area contributed by atoms with Gasteiger partial charge < -0.3 is 25.0 Å². The van der Waals surface area contributed by atoms with E-state index < -0.39 is 6.04 Å². The molecule has 1 fully saturated rings. The maximum absolute atomic E-state index is 14.6. The number of anilines is 1. The largest absolute Gasteiger partial charge is 0.361 e. The van der Waals surface area contributed by atoms with Crippen molar-refractivity contribution in [2.75, 3.05) is 45.2 Å². The van der Waals surface area contributed by atoms with Crippen LogP contribution in [-0.2, 0) is 22.4 Å². The average Bonchev–Trinajstić information content (AvgIpc) is 3.46. The normalized spacial score (nSPS) is 17.7. The van der Waals surface area contributed by atoms with Crippen molar-refractivity contribution in [3.8, 4) is 0 Å². The Morgan fingerprint density at radius 1 is 0.978 bits per heavy atom. The Morgan fingerprint density at radius 2 is 1.71 bits per heavy atom. The molecule has 45 heavy (non-hydrogen) atoms. The fourth-order valence-electron chi connectivity index (χ4n) is 6.87. The molecule has 0 bridgehead atoms. The minimum Gasteiger partial charge on any atom is -0.361 e. The molecule has 0 radical (unpaired) electrons. The molecule has 0 spiro atoms. The predicted octanol–water partition coefficient (Wildman–Crippen LogP) is 5.17. The molecule has 4 aromatic rings. The lowest BCUT2D eigenvalue weighted by Crippen LogP contribution is -2.54. The Balaban J connectivity index is 1.24. The number of fused-ring (bicyclic) bond motifs is 2. The number of amides is 3. The SMILES string of the molecule is CN(C)C[C@@H]1Cc2c(Cl)cccc2N(C(=O)[C@H](Cc2c[nH]c3ccccc23)NC(=O)C2CCN(C(=O)c3ccccc3)CC2)C1. The molecule has 9 heteroatoms. The second-order valence-corrected chi connectivity index (χ2v) is 13.0. The number of piperidine rings is 1. The maximum Gasteiger partial charge on any atom is 0.253 e. The van der Waals surface area contributed by atoms with Crippen LogP contribution in [0.3, 0.4) is 0 Å². The van der Waals surface area contributed by atoms with Gasteiger partial charge in [0.2, 0.25) is 11.8 Å². The molecule has 1 saturated heterocycles. The molecule has 2 aliphatic heterocycles. The van der Waals surface area contributed by atoms with Crippen molar-refractivity contribution in [2.45, 2.75) is 31.7 Å². The highest BCUT2D eigenvalue weighted by Gasteiger charge is 2.36. The van der Waals surface area contributed by atoms with Crippen molar-refractivity contribution >= 4 is 45.9 Å². The number of para-hydroxylation sites is 1. The highest BCUT2D eigenvalue weighted by Crippen LogP contribution is 2.36. The number of carbonyl (C=O) groups is 3. The third-order valence-corrected chi connectivity index (χ3v) is 9.45. The summed E-state index contributed by atoms with van der Waals surface area (Å²) in [7, 11) is 4.07. The van der Waals surface area contributed by atoms with Crippen LogP contribution in [-0.4, -0.2) is 78.8 Å². The Morgan fingerprint density at radius 3 is 2.47 bits per heavy atom. The van der Waals surface area contributed by atoms with Crippen molar-refractivity contribution in [3.05, 3.63) is 101 Å². The number of nitrogens with zero attached hydrogens (tertiary/aromatic N) is 3. The molecule has 2 atom stereocenters. The van der Waals surface area contributed by atoms with E-state index in [-0.39, 0.29) is 29.6 Å². The highest BCUT2D eigenvalue weighted by molar-refractivity contribution is 6.32. The Hall–Kier alpha value is -4.14. The van der Waals surface area contributed by atoms with Gasteiger partial charge in [-0.15, -0.1) is 0 Å². The molecular formula is C36H40ClN5O3. The van der Waals surface area contributed by atoms with E-state index in [0.717, 1.165) is 40.7 Å². The number of H-pyrrole nitrogens is 1. The van der Waals surface area contributed by atoms with Gasteiger partial charge in [-0.05, 0) is 80.7 Å². The molecule has 2 N–H and O–H groups in total. The summed E-state index contributed by atoms with van der Waals surface area (Å²) in [6.07, 6.45) is 4.17. The van der Waals surface area contributed by atoms with Crippen LogP contribution >= 0.6 is 11.6 Å². The van der Waals surface area contributed by atoms with E-state index in [0.29, 0.717) is 49.5 Å². The second-order valence-electron chi connectivity index (χ2n) is 12.6. The number of nitrogens with one attached hydrogen (secondary N) is 2. The first kappa shape index (κ1) is 30.9. The lowest BCUT2D eigenvalue weighted by molar-refractivity contribution is -0.131. The summed E-state index contributed by atoms with van der Waals surface area (Å²) < 4.78 is 0. The Labute approximate surface area is 269 Å². The van der Waals surface area contributed by atoms with E-state index >= 15 is 0 Å². The number of hydrogen-bond donors (Lipinski definition) is 2. The maximum atomic E-state index is 14.6. The zero-order valence-corrected chi connectivity index (χ0v) is 26.6. The quantitative estimate of drug-likeness (QED) is 0.283. The fourth-order valence-corrected chi connectivity index (χ4v) is 7.11. The summed E-state index contributed by atoms with van der Waals surface area (Å²) in [5.74, 6) is -0.387. The topological polar surface area (TPSA) is 88.8 Å². The monoisotopic (exact) mass is 625 g/mol. The van der Waals surface area contributed by atoms with Gasteiger partial charge in [0.25, 0.3) is 5.91 Å². The third kappa shape index (κ3) is 6.77. The van der Waals surface area contributed by atoms with Crippen LogP contribution < -0.4 is 10.2 Å². The Bertz CT molecular complexity index is 1680. The summed E-state index contributed by atoms with van der Waals surface area (Å²) in [4.78, 5) is 50.5. The second kappa shape index (κ2) is 13.5. The van der Waals surface area contributed by atoms with E-state index in [4.69, 9.17) is 11.6 Å². The number of hydrogen-bond acceptors (Lipinski definition) is 4. The summed E-state index contributed by atoms with van der Waals surface area (Å²) in [6, 6.07) is 22.2. The van der Waals surface area contributed by atoms with Crippen molar-refractivity contribution in [1.82, 2.24) is 20.1 Å². The smallest absolute Gasteiger partial charge is 0.253 e. The van der Waals surface area contributed by atoms with E-state index in [1.807, 2.05) is 103 Å². The van der Waals surface area contributed by atoms with Crippen LogP contribution in [0.15, 0.2) is 79.0 Å². The summed E-state index contributed by atoms with van der Waals surface area (Å²) in [6.45, 7) is 2.35. The van der Waals surface area contributed by atoms with Gasteiger partial charge >= 0.3 is 0 Å². The first-order chi connectivity index (χ1) is 21.8. The van der Waals surface area contributed by atoms with Crippen LogP contribution in [0.1, 0.15) is 34.3 Å². The van der Waals surface area contributed by atoms with E-state index in [1.54, 1.807) is 0 Å². The lowest BCUT2D eigenvalue weighted by Gasteiger charge is -2.38. The number of halogens is 1. The molecular weight excluding hydrogens is 586 g/mol. The van der Waals surface area contributed by atoms with Gasteiger partial charge in [-0.1, -0.05) is 54.1 Å². The van der Waals surface area contributed by atoms with Gasteiger partial charge in [0, 0.05) is 71.9 Å². The van der Waals surface area contributed by atoms with Crippen molar-refractivity contribution in [3.63, 3.8) is 0 Å². The molecule has 0 aliphatic carbocycles. The summed E-state index contributed by atoms with van der Waals surface area (Å²) in [5.41, 5.74) is 4.40. The lowest BCUT2D eigenvalue weighted by atomic mass is 9.90. The average molecular weight is 626 g/mol. The first-order valence-electron chi connectivity index (χ1n) is 15.7. The van der Waals surface area contributed by atoms with Gasteiger partial charge in [-0.2, -0.15) is 0 Å². The number of benzene rings is 3. The number of rotatable bonds is 8. The number of likely N-dealkylation sites (tertiary alicyclic amines) is 1. The van der Waals surface area contributed by atoms with Crippen molar-refractivity contribution in [1.29, 1.82) is 0 Å². The van der Waals surface area contributed by atoms with Gasteiger partial charge in [-0.3, -0.25) is 14.4 Å². The van der Waals surface area contributed by atoms with E-state index in [1.165, 1.54) is 0 Å². The minimum absolute atomic E-state index is 0.0171. The predicted molar refractivity (Wildman–Crippen MR) is 179 cm³/mol. The molecule has 6 rings (SSSR count). The zero-order chi connectivity index (χ0) is 31.5. The van der Waals surface area contributed by atoms with E-state index in [9.17, 15) is 14.4 Å². The Kier molecular flexibility index (Phi) is 9.24. The molecule has 8 nitrogen and oxygen atoms in total. The minimum atomic E-state index is -0.773. The first-order valence-corrected chi connectivity index (χ1v) is 16.1. The molecule has 3 aromatic carbocycles. The third-order valence-electron chi connectivity index (χ3n) is 9.10. The van der Waals surface area contributed by atoms with Gasteiger partial charge in [-0.25, -0.2) is 0 Å². The van der Waals surface area contributed by atoms with Crippen LogP contribution in [0.5, 0.6) is 0 Å². The zero-order valence-electron chi connectivity index (χ0n) is 25.8. The fraction of sp³-hybridized carbons (Fsp3) is 0.361. The van der Waals surface area contributed by atoms with Gasteiger partial charge in [0.1, 0.15) is 6.04 Å². The standard InChI is InChI=1S/C36H40ClN5O3/c1-40(2)22-24-19-29-30(37)12-8-14-33(29)42(23-24)36(45)32(20-27-21-38-31-13-7-6-11-28(27)31)39-34(43)25-15-17-41(18-16-25)35(44)26-9-4-3-5-10-26/h3-14,21,24-25,32,38H,15-20,22-23H2,1-2H3,(H,39,43)/t24-,32-/m0/s1. The summed E-state index contributed by atoms with van der Waals surface area (Å²) in [5, 5.41) is 4.86. The van der Waals surface area contributed by atoms with Crippen LogP contribution in [0.25, 0.3) is 10.9 Å². The molecule has 1 aromatic heterocycles. The molecule has 3 amide bonds. The van der Waals surface area contributed by atoms with Crippen molar-refractivity contribution in [2.24, 2.45) is 11.8 Å². The highest BCUT2D eigenvalue weighted by atomic mass is 35.5. The number of aromatic nitrogens is 1. The van der Waals surface area contributed by atoms with Crippen LogP contribution in [0.4, 0.5) is 5.69 Å². The van der Waals surface area contributed by atoms with Gasteiger partial charge in [0.05, 0.1) is 0 Å². The molecule has 234 valence electrons. The molecule has 0 saturated carbocycles. The number of aromatic amines is 1. The van der Waals surface area contributed by atoms with Crippen molar-refractivity contribution < 1.29 is 14.4 Å².